The summed E-state index contributed by atoms with van der Waals surface area (Å²) >= 11 is 0. The van der Waals surface area contributed by atoms with Gasteiger partial charge in [0.2, 0.25) is 0 Å². The first kappa shape index (κ1) is 12.8. The van der Waals surface area contributed by atoms with Crippen molar-refractivity contribution in [3.05, 3.63) is 0 Å². The summed E-state index contributed by atoms with van der Waals surface area (Å²) in [5, 5.41) is 24.4. The lowest BCUT2D eigenvalue weighted by Crippen LogP contribution is -2.52. The molecule has 0 bridgehead atoms. The molecule has 0 saturated heterocycles. The summed E-state index contributed by atoms with van der Waals surface area (Å²) in [7, 11) is 0. The van der Waals surface area contributed by atoms with E-state index in [1.54, 1.807) is 0 Å². The molecule has 0 aromatic heterocycles. The largest absolute Gasteiger partial charge is 0.394 e. The van der Waals surface area contributed by atoms with E-state index in [0.29, 0.717) is 0 Å². The minimum absolute atomic E-state index is 0.190. The number of aliphatic hydroxyl groups excluding tert-OH is 2. The van der Waals surface area contributed by atoms with E-state index < -0.39 is 6.10 Å². The van der Waals surface area contributed by atoms with Gasteiger partial charge < -0.3 is 10.2 Å². The second-order valence-corrected chi connectivity index (χ2v) is 3.14. The first-order chi connectivity index (χ1) is 6.26. The third-order valence-electron chi connectivity index (χ3n) is 1.80. The maximum absolute atomic E-state index is 9.40. The summed E-state index contributed by atoms with van der Waals surface area (Å²) < 4.78 is 0. The molecule has 0 aliphatic carbocycles. The number of hydrogen-bond acceptors (Lipinski definition) is 4. The van der Waals surface area contributed by atoms with Crippen LogP contribution < -0.4 is 10.6 Å². The monoisotopic (exact) mass is 190 g/mol. The molecule has 0 aliphatic rings. The van der Waals surface area contributed by atoms with Crippen molar-refractivity contribution in [3.63, 3.8) is 0 Å². The van der Waals surface area contributed by atoms with Gasteiger partial charge in [0, 0.05) is 0 Å². The minimum Gasteiger partial charge on any atom is -0.394 e. The number of rotatable bonds is 8. The molecule has 4 heteroatoms. The van der Waals surface area contributed by atoms with Crippen LogP contribution in [0.5, 0.6) is 0 Å². The lowest BCUT2D eigenvalue weighted by Gasteiger charge is -2.23. The van der Waals surface area contributed by atoms with Gasteiger partial charge in [-0.3, -0.25) is 10.6 Å². The molecule has 0 amide bonds. The second kappa shape index (κ2) is 8.44. The normalized spacial score (nSPS) is 13.6. The van der Waals surface area contributed by atoms with Crippen molar-refractivity contribution in [3.8, 4) is 0 Å². The molecular weight excluding hydrogens is 168 g/mol. The van der Waals surface area contributed by atoms with Crippen LogP contribution in [-0.4, -0.2) is 42.2 Å². The summed E-state index contributed by atoms with van der Waals surface area (Å²) in [5.41, 5.74) is 0. The average Bonchev–Trinajstić information content (AvgIpc) is 2.17. The Kier molecular flexibility index (Phi) is 8.33. The maximum atomic E-state index is 9.40. The van der Waals surface area contributed by atoms with Crippen LogP contribution in [-0.2, 0) is 0 Å². The third-order valence-corrected chi connectivity index (χ3v) is 1.80. The van der Waals surface area contributed by atoms with Gasteiger partial charge in [-0.15, -0.1) is 0 Å². The molecule has 13 heavy (non-hydrogen) atoms. The smallest absolute Gasteiger partial charge is 0.105 e. The van der Waals surface area contributed by atoms with Crippen molar-refractivity contribution < 1.29 is 10.2 Å². The lowest BCUT2D eigenvalue weighted by atomic mass is 10.2. The zero-order chi connectivity index (χ0) is 10.1. The van der Waals surface area contributed by atoms with Crippen molar-refractivity contribution >= 4 is 0 Å². The summed E-state index contributed by atoms with van der Waals surface area (Å²) in [6, 6.07) is 0. The zero-order valence-corrected chi connectivity index (χ0v) is 8.58. The molecule has 0 rings (SSSR count). The van der Waals surface area contributed by atoms with Crippen molar-refractivity contribution in [1.29, 1.82) is 0 Å². The highest BCUT2D eigenvalue weighted by atomic mass is 16.3. The van der Waals surface area contributed by atoms with Crippen LogP contribution in [0.2, 0.25) is 0 Å². The van der Waals surface area contributed by atoms with E-state index in [1.165, 1.54) is 0 Å². The molecule has 1 atom stereocenters. The van der Waals surface area contributed by atoms with E-state index in [0.717, 1.165) is 25.9 Å². The van der Waals surface area contributed by atoms with Crippen molar-refractivity contribution in [2.45, 2.75) is 39.0 Å². The Balaban J connectivity index is 3.72. The standard InChI is InChI=1S/C9H22N2O2/c1-3-5-10-9(8(13)7-12)11-6-4-2/h8-13H,3-7H2,1-2H3. The van der Waals surface area contributed by atoms with Crippen LogP contribution in [0.1, 0.15) is 26.7 Å². The van der Waals surface area contributed by atoms with Gasteiger partial charge in [0.15, 0.2) is 0 Å². The summed E-state index contributed by atoms with van der Waals surface area (Å²) in [5.74, 6) is 0. The first-order valence-electron chi connectivity index (χ1n) is 5.01. The van der Waals surface area contributed by atoms with E-state index in [-0.39, 0.29) is 12.8 Å². The predicted molar refractivity (Wildman–Crippen MR) is 53.5 cm³/mol. The van der Waals surface area contributed by atoms with Gasteiger partial charge in [-0.25, -0.2) is 0 Å². The fraction of sp³-hybridized carbons (Fsp3) is 1.00. The lowest BCUT2D eigenvalue weighted by molar-refractivity contribution is 0.0519. The average molecular weight is 190 g/mol. The Bertz CT molecular complexity index is 104. The molecule has 0 aliphatic heterocycles. The van der Waals surface area contributed by atoms with E-state index in [1.807, 2.05) is 0 Å². The van der Waals surface area contributed by atoms with Gasteiger partial charge in [0.25, 0.3) is 0 Å². The summed E-state index contributed by atoms with van der Waals surface area (Å²) in [6.07, 6.45) is 1.12. The van der Waals surface area contributed by atoms with E-state index in [2.05, 4.69) is 24.5 Å². The fourth-order valence-electron chi connectivity index (χ4n) is 1.05. The van der Waals surface area contributed by atoms with Crippen LogP contribution >= 0.6 is 0 Å². The van der Waals surface area contributed by atoms with Crippen molar-refractivity contribution in [2.24, 2.45) is 0 Å². The predicted octanol–water partition coefficient (Wildman–Crippen LogP) is -0.335. The van der Waals surface area contributed by atoms with Gasteiger partial charge in [-0.1, -0.05) is 13.8 Å². The summed E-state index contributed by atoms with van der Waals surface area (Å²) in [6.45, 7) is 5.61. The number of aliphatic hydroxyl groups is 2. The van der Waals surface area contributed by atoms with E-state index >= 15 is 0 Å². The van der Waals surface area contributed by atoms with Gasteiger partial charge in [-0.05, 0) is 25.9 Å². The molecule has 80 valence electrons. The fourth-order valence-corrected chi connectivity index (χ4v) is 1.05. The Morgan fingerprint density at radius 1 is 1.08 bits per heavy atom. The molecule has 4 N–H and O–H groups in total. The molecule has 4 nitrogen and oxygen atoms in total. The number of hydrogen-bond donors (Lipinski definition) is 4. The van der Waals surface area contributed by atoms with Crippen molar-refractivity contribution in [1.82, 2.24) is 10.6 Å². The molecule has 0 radical (unpaired) electrons. The van der Waals surface area contributed by atoms with Gasteiger partial charge in [0.05, 0.1) is 12.8 Å². The van der Waals surface area contributed by atoms with Crippen LogP contribution in [0.15, 0.2) is 0 Å². The number of nitrogens with one attached hydrogen (secondary N) is 2. The Morgan fingerprint density at radius 2 is 1.54 bits per heavy atom. The maximum Gasteiger partial charge on any atom is 0.105 e. The second-order valence-electron chi connectivity index (χ2n) is 3.14. The van der Waals surface area contributed by atoms with Crippen LogP contribution in [0.3, 0.4) is 0 Å². The molecule has 0 spiro atoms. The molecule has 0 aromatic rings. The molecule has 0 aromatic carbocycles. The summed E-state index contributed by atoms with van der Waals surface area (Å²) in [4.78, 5) is 0. The molecular formula is C9H22N2O2. The van der Waals surface area contributed by atoms with Gasteiger partial charge in [-0.2, -0.15) is 0 Å². The van der Waals surface area contributed by atoms with Crippen LogP contribution in [0, 0.1) is 0 Å². The van der Waals surface area contributed by atoms with Crippen LogP contribution in [0.4, 0.5) is 0 Å². The highest BCUT2D eigenvalue weighted by Crippen LogP contribution is 1.90. The molecule has 1 unspecified atom stereocenters. The molecule has 0 heterocycles. The Labute approximate surface area is 80.3 Å². The molecule has 0 saturated carbocycles. The SMILES string of the molecule is CCCNC(NCCC)C(O)CO. The molecule has 0 fully saturated rings. The highest BCUT2D eigenvalue weighted by molar-refractivity contribution is 4.72. The third kappa shape index (κ3) is 5.99. The van der Waals surface area contributed by atoms with E-state index in [4.69, 9.17) is 5.11 Å². The highest BCUT2D eigenvalue weighted by Gasteiger charge is 2.15. The Morgan fingerprint density at radius 3 is 1.85 bits per heavy atom. The van der Waals surface area contributed by atoms with Crippen LogP contribution in [0.25, 0.3) is 0 Å². The van der Waals surface area contributed by atoms with Gasteiger partial charge in [0.1, 0.15) is 6.10 Å². The minimum atomic E-state index is -0.724. The van der Waals surface area contributed by atoms with E-state index in [9.17, 15) is 5.11 Å². The quantitative estimate of drug-likeness (QED) is 0.396. The zero-order valence-electron chi connectivity index (χ0n) is 8.58. The van der Waals surface area contributed by atoms with Gasteiger partial charge >= 0.3 is 0 Å². The topological polar surface area (TPSA) is 64.5 Å². The first-order valence-corrected chi connectivity index (χ1v) is 5.01. The Hall–Kier alpha value is -0.160. The van der Waals surface area contributed by atoms with Crippen molar-refractivity contribution in [2.75, 3.05) is 19.7 Å².